The summed E-state index contributed by atoms with van der Waals surface area (Å²) in [6.07, 6.45) is 9.46. The Balaban J connectivity index is 1.27. The first-order valence-corrected chi connectivity index (χ1v) is 15.8. The zero-order valence-electron chi connectivity index (χ0n) is 25.2. The third-order valence-electron chi connectivity index (χ3n) is 9.87. The number of aryl methyl sites for hydroxylation is 1. The lowest BCUT2D eigenvalue weighted by molar-refractivity contribution is -0.131. The van der Waals surface area contributed by atoms with Crippen LogP contribution >= 0.6 is 0 Å². The van der Waals surface area contributed by atoms with Crippen molar-refractivity contribution in [2.45, 2.75) is 62.7 Å². The fraction of sp³-hybridized carbons (Fsp3) is 0.515. The van der Waals surface area contributed by atoms with Crippen LogP contribution in [0.5, 0.6) is 6.01 Å². The Morgan fingerprint density at radius 2 is 1.98 bits per heavy atom. The number of amides is 1. The van der Waals surface area contributed by atoms with Crippen LogP contribution in [0.2, 0.25) is 0 Å². The number of carbonyl (C=O) groups is 1. The van der Waals surface area contributed by atoms with E-state index in [0.29, 0.717) is 36.4 Å². The molecule has 6 heterocycles. The van der Waals surface area contributed by atoms with E-state index >= 15 is 0 Å². The van der Waals surface area contributed by atoms with Crippen LogP contribution in [0.3, 0.4) is 0 Å². The Morgan fingerprint density at radius 3 is 2.82 bits per heavy atom. The maximum Gasteiger partial charge on any atom is 0.320 e. The maximum atomic E-state index is 14.5. The lowest BCUT2D eigenvalue weighted by Gasteiger charge is -2.39. The number of ether oxygens (including phenoxy) is 1. The molecule has 45 heavy (non-hydrogen) atoms. The zero-order valence-corrected chi connectivity index (χ0v) is 25.2. The molecule has 0 N–H and O–H groups in total. The van der Waals surface area contributed by atoms with E-state index in [1.165, 1.54) is 16.0 Å². The summed E-state index contributed by atoms with van der Waals surface area (Å²) in [5, 5.41) is 0.699. The van der Waals surface area contributed by atoms with Crippen LogP contribution < -0.4 is 9.64 Å². The normalized spacial score (nSPS) is 24.7. The first-order valence-electron chi connectivity index (χ1n) is 15.8. The van der Waals surface area contributed by atoms with E-state index in [1.807, 2.05) is 29.4 Å². The van der Waals surface area contributed by atoms with Gasteiger partial charge in [-0.3, -0.25) is 14.7 Å². The summed E-state index contributed by atoms with van der Waals surface area (Å²) in [5.41, 5.74) is 4.37. The SMILES string of the molecule is [C-]#[N+]C[C@H]1CN(c2nc(OC[C@@]34CCCN3C[C@H](F)C4)nc3nc(-c4cncc5c4CCCC5)ccc23)CCN1C(=O)C(=C)F. The van der Waals surface area contributed by atoms with Crippen molar-refractivity contribution in [1.29, 1.82) is 0 Å². The molecule has 0 unspecified atom stereocenters. The van der Waals surface area contributed by atoms with Crippen LogP contribution in [-0.2, 0) is 17.6 Å². The van der Waals surface area contributed by atoms with E-state index in [1.54, 1.807) is 0 Å². The highest BCUT2D eigenvalue weighted by Gasteiger charge is 2.49. The molecule has 4 aliphatic rings. The molecule has 10 nitrogen and oxygen atoms in total. The first-order chi connectivity index (χ1) is 21.8. The van der Waals surface area contributed by atoms with Crippen LogP contribution in [-0.4, -0.2) is 99.3 Å². The molecule has 0 spiro atoms. The third-order valence-corrected chi connectivity index (χ3v) is 9.87. The van der Waals surface area contributed by atoms with Gasteiger partial charge in [0.1, 0.15) is 24.6 Å². The Kier molecular flexibility index (Phi) is 7.81. The highest BCUT2D eigenvalue weighted by Crippen LogP contribution is 2.41. The number of anilines is 1. The Bertz CT molecular complexity index is 1700. The number of piperazine rings is 1. The highest BCUT2D eigenvalue weighted by molar-refractivity contribution is 5.92. The van der Waals surface area contributed by atoms with Gasteiger partial charge in [0.25, 0.3) is 5.91 Å². The summed E-state index contributed by atoms with van der Waals surface area (Å²) < 4.78 is 34.6. The molecule has 0 aromatic carbocycles. The molecule has 3 fully saturated rings. The van der Waals surface area contributed by atoms with E-state index in [4.69, 9.17) is 26.3 Å². The van der Waals surface area contributed by atoms with Crippen LogP contribution in [0.4, 0.5) is 14.6 Å². The topological polar surface area (TPSA) is 91.9 Å². The molecule has 234 valence electrons. The molecular formula is C33H36F2N8O2. The van der Waals surface area contributed by atoms with Crippen LogP contribution in [0.25, 0.3) is 27.1 Å². The zero-order chi connectivity index (χ0) is 31.1. The Hall–Kier alpha value is -4.24. The second kappa shape index (κ2) is 11.9. The molecule has 1 aliphatic carbocycles. The number of rotatable bonds is 7. The lowest BCUT2D eigenvalue weighted by atomic mass is 9.89. The molecule has 0 radical (unpaired) electrons. The Labute approximate surface area is 260 Å². The van der Waals surface area contributed by atoms with Gasteiger partial charge in [0, 0.05) is 50.6 Å². The van der Waals surface area contributed by atoms with Gasteiger partial charge in [-0.1, -0.05) is 6.58 Å². The minimum absolute atomic E-state index is 0.0131. The van der Waals surface area contributed by atoms with Gasteiger partial charge in [-0.15, -0.1) is 0 Å². The molecule has 0 bridgehead atoms. The number of pyridine rings is 2. The van der Waals surface area contributed by atoms with Gasteiger partial charge >= 0.3 is 6.01 Å². The summed E-state index contributed by atoms with van der Waals surface area (Å²) in [6, 6.07) is 3.51. The molecule has 3 aromatic heterocycles. The summed E-state index contributed by atoms with van der Waals surface area (Å²) in [4.78, 5) is 40.7. The maximum absolute atomic E-state index is 14.5. The van der Waals surface area contributed by atoms with Crippen molar-refractivity contribution in [3.05, 3.63) is 59.5 Å². The predicted octanol–water partition coefficient (Wildman–Crippen LogP) is 4.34. The van der Waals surface area contributed by atoms with Gasteiger partial charge in [0.2, 0.25) is 6.54 Å². The third kappa shape index (κ3) is 5.47. The molecule has 3 atom stereocenters. The quantitative estimate of drug-likeness (QED) is 0.287. The smallest absolute Gasteiger partial charge is 0.320 e. The van der Waals surface area contributed by atoms with E-state index < -0.39 is 23.9 Å². The summed E-state index contributed by atoms with van der Waals surface area (Å²) in [6.45, 7) is 13.0. The van der Waals surface area contributed by atoms with Crippen molar-refractivity contribution in [2.75, 3.05) is 50.8 Å². The fourth-order valence-corrected chi connectivity index (χ4v) is 7.69. The number of hydrogen-bond acceptors (Lipinski definition) is 8. The van der Waals surface area contributed by atoms with Crippen molar-refractivity contribution >= 4 is 22.8 Å². The summed E-state index contributed by atoms with van der Waals surface area (Å²) in [5.74, 6) is -1.27. The van der Waals surface area contributed by atoms with Gasteiger partial charge in [-0.2, -0.15) is 9.97 Å². The van der Waals surface area contributed by atoms with Gasteiger partial charge in [-0.25, -0.2) is 20.3 Å². The minimum Gasteiger partial charge on any atom is -0.461 e. The molecule has 3 saturated heterocycles. The molecule has 3 aromatic rings. The van der Waals surface area contributed by atoms with E-state index in [2.05, 4.69) is 21.3 Å². The fourth-order valence-electron chi connectivity index (χ4n) is 7.69. The monoisotopic (exact) mass is 614 g/mol. The van der Waals surface area contributed by atoms with Crippen molar-refractivity contribution in [3.63, 3.8) is 0 Å². The lowest BCUT2D eigenvalue weighted by Crippen LogP contribution is -2.56. The molecule has 1 amide bonds. The number of fused-ring (bicyclic) bond motifs is 3. The van der Waals surface area contributed by atoms with Crippen LogP contribution in [0.1, 0.15) is 43.2 Å². The number of aromatic nitrogens is 4. The second-order valence-corrected chi connectivity index (χ2v) is 12.6. The molecule has 3 aliphatic heterocycles. The highest BCUT2D eigenvalue weighted by atomic mass is 19.1. The van der Waals surface area contributed by atoms with Crippen LogP contribution in [0, 0.1) is 6.57 Å². The predicted molar refractivity (Wildman–Crippen MR) is 165 cm³/mol. The van der Waals surface area contributed by atoms with E-state index in [0.717, 1.165) is 56.3 Å². The van der Waals surface area contributed by atoms with Gasteiger partial charge in [0.15, 0.2) is 11.5 Å². The molecule has 7 rings (SSSR count). The van der Waals surface area contributed by atoms with Crippen molar-refractivity contribution in [3.8, 4) is 17.3 Å². The molecule has 0 saturated carbocycles. The standard InChI is InChI=1S/C33H36F2N8O2/c1-21(34)31(44)43-13-12-41(19-24(43)16-36-2)30-26-8-9-28(27-17-37-15-22-6-3-4-7-25(22)27)38-29(26)39-32(40-30)45-20-33-10-5-11-42(33)18-23(35)14-33/h8-9,15,17,23-24H,1,3-7,10-14,16,18-20H2/t23-,24+,33+/m1/s1. The average molecular weight is 615 g/mol. The van der Waals surface area contributed by atoms with Crippen LogP contribution in [0.15, 0.2) is 36.9 Å². The number of alkyl halides is 1. The van der Waals surface area contributed by atoms with Gasteiger partial charge in [-0.05, 0) is 68.3 Å². The molecular weight excluding hydrogens is 578 g/mol. The average Bonchev–Trinajstić information content (AvgIpc) is 3.58. The number of hydrogen-bond donors (Lipinski definition) is 0. The first kappa shape index (κ1) is 29.5. The Morgan fingerprint density at radius 1 is 1.11 bits per heavy atom. The van der Waals surface area contributed by atoms with Gasteiger partial charge < -0.3 is 19.4 Å². The van der Waals surface area contributed by atoms with E-state index in [9.17, 15) is 13.6 Å². The number of nitrogens with zero attached hydrogens (tertiary/aromatic N) is 8. The summed E-state index contributed by atoms with van der Waals surface area (Å²) >= 11 is 0. The van der Waals surface area contributed by atoms with E-state index in [-0.39, 0.29) is 37.8 Å². The van der Waals surface area contributed by atoms with Crippen molar-refractivity contribution in [1.82, 2.24) is 29.7 Å². The number of halogens is 2. The molecule has 12 heteroatoms. The largest absolute Gasteiger partial charge is 0.461 e. The van der Waals surface area contributed by atoms with Crippen molar-refractivity contribution in [2.24, 2.45) is 0 Å². The number of carbonyl (C=O) groups excluding carboxylic acids is 1. The van der Waals surface area contributed by atoms with Gasteiger partial charge in [0.05, 0.1) is 16.6 Å². The summed E-state index contributed by atoms with van der Waals surface area (Å²) in [7, 11) is 0. The second-order valence-electron chi connectivity index (χ2n) is 12.6. The minimum atomic E-state index is -1.04. The van der Waals surface area contributed by atoms with Crippen molar-refractivity contribution < 1.29 is 18.3 Å².